The Balaban J connectivity index is 1.94. The third-order valence-electron chi connectivity index (χ3n) is 4.63. The highest BCUT2D eigenvalue weighted by molar-refractivity contribution is 6.31. The summed E-state index contributed by atoms with van der Waals surface area (Å²) in [5.41, 5.74) is 1.46. The summed E-state index contributed by atoms with van der Waals surface area (Å²) in [6, 6.07) is 11.1. The first-order valence-corrected chi connectivity index (χ1v) is 9.25. The van der Waals surface area contributed by atoms with Gasteiger partial charge in [0.05, 0.1) is 0 Å². The summed E-state index contributed by atoms with van der Waals surface area (Å²) in [4.78, 5) is 0. The van der Waals surface area contributed by atoms with Crippen LogP contribution in [0.3, 0.4) is 0 Å². The van der Waals surface area contributed by atoms with Crippen LogP contribution >= 0.6 is 11.6 Å². The van der Waals surface area contributed by atoms with Crippen molar-refractivity contribution in [2.45, 2.75) is 39.0 Å². The van der Waals surface area contributed by atoms with Crippen LogP contribution in [0.25, 0.3) is 21.9 Å². The zero-order valence-electron chi connectivity index (χ0n) is 14.6. The van der Waals surface area contributed by atoms with Crippen molar-refractivity contribution in [2.24, 2.45) is 0 Å². The number of hydrogen-bond donors (Lipinski definition) is 0. The standard InChI is InChI=1S/C22H20ClF3/c1-2-3-4-5-6-14-7-9-17-15(11-14)8-10-18(22(17)26)16-12-19(24)21(23)20(25)13-16/h7-13H,2-6H2,1H3. The van der Waals surface area contributed by atoms with Crippen LogP contribution in [0.15, 0.2) is 42.5 Å². The first-order chi connectivity index (χ1) is 12.5. The largest absolute Gasteiger partial charge is 0.206 e. The van der Waals surface area contributed by atoms with Gasteiger partial charge in [-0.15, -0.1) is 0 Å². The number of halogens is 4. The molecule has 0 spiro atoms. The third-order valence-corrected chi connectivity index (χ3v) is 4.99. The molecule has 0 saturated carbocycles. The normalized spacial score (nSPS) is 11.3. The average Bonchev–Trinajstić information content (AvgIpc) is 2.63. The predicted octanol–water partition coefficient (Wildman–Crippen LogP) is 7.70. The summed E-state index contributed by atoms with van der Waals surface area (Å²) >= 11 is 5.51. The molecule has 0 atom stereocenters. The molecular weight excluding hydrogens is 357 g/mol. The van der Waals surface area contributed by atoms with Crippen LogP contribution in [-0.4, -0.2) is 0 Å². The number of fused-ring (bicyclic) bond motifs is 1. The van der Waals surface area contributed by atoms with E-state index in [4.69, 9.17) is 11.6 Å². The van der Waals surface area contributed by atoms with Crippen LogP contribution in [-0.2, 0) is 6.42 Å². The molecule has 0 fully saturated rings. The van der Waals surface area contributed by atoms with E-state index in [1.165, 1.54) is 24.8 Å². The summed E-state index contributed by atoms with van der Waals surface area (Å²) in [5.74, 6) is -2.28. The predicted molar refractivity (Wildman–Crippen MR) is 102 cm³/mol. The maximum absolute atomic E-state index is 14.9. The Kier molecular flexibility index (Phi) is 5.87. The second-order valence-corrected chi connectivity index (χ2v) is 6.93. The van der Waals surface area contributed by atoms with E-state index in [-0.39, 0.29) is 11.1 Å². The van der Waals surface area contributed by atoms with Crippen molar-refractivity contribution in [1.82, 2.24) is 0 Å². The molecule has 0 aliphatic heterocycles. The summed E-state index contributed by atoms with van der Waals surface area (Å²) in [5, 5.41) is 0.646. The van der Waals surface area contributed by atoms with Crippen molar-refractivity contribution < 1.29 is 13.2 Å². The van der Waals surface area contributed by atoms with E-state index in [0.29, 0.717) is 5.39 Å². The molecule has 0 aromatic heterocycles. The van der Waals surface area contributed by atoms with E-state index < -0.39 is 22.5 Å². The van der Waals surface area contributed by atoms with Gasteiger partial charge in [-0.1, -0.05) is 68.1 Å². The SMILES string of the molecule is CCCCCCc1ccc2c(F)c(-c3cc(F)c(Cl)c(F)c3)ccc2c1. The van der Waals surface area contributed by atoms with Crippen LogP contribution in [0.1, 0.15) is 38.2 Å². The van der Waals surface area contributed by atoms with Crippen molar-refractivity contribution >= 4 is 22.4 Å². The fourth-order valence-corrected chi connectivity index (χ4v) is 3.30. The van der Waals surface area contributed by atoms with E-state index in [1.807, 2.05) is 12.1 Å². The van der Waals surface area contributed by atoms with Crippen molar-refractivity contribution in [3.8, 4) is 11.1 Å². The molecule has 0 aliphatic carbocycles. The minimum absolute atomic E-state index is 0.132. The minimum atomic E-state index is -0.899. The molecule has 4 heteroatoms. The van der Waals surface area contributed by atoms with Gasteiger partial charge in [-0.3, -0.25) is 0 Å². The first-order valence-electron chi connectivity index (χ1n) is 8.87. The van der Waals surface area contributed by atoms with Crippen molar-refractivity contribution in [2.75, 3.05) is 0 Å². The lowest BCUT2D eigenvalue weighted by molar-refractivity contribution is 0.584. The zero-order valence-corrected chi connectivity index (χ0v) is 15.3. The zero-order chi connectivity index (χ0) is 18.7. The molecule has 3 aromatic rings. The Labute approximate surface area is 156 Å². The van der Waals surface area contributed by atoms with Gasteiger partial charge in [0.2, 0.25) is 0 Å². The summed E-state index contributed by atoms with van der Waals surface area (Å²) < 4.78 is 42.3. The first kappa shape index (κ1) is 18.8. The Morgan fingerprint density at radius 3 is 2.27 bits per heavy atom. The molecule has 0 aliphatic rings. The molecule has 3 aromatic carbocycles. The lowest BCUT2D eigenvalue weighted by Gasteiger charge is -2.10. The van der Waals surface area contributed by atoms with E-state index in [0.717, 1.165) is 30.4 Å². The molecule has 26 heavy (non-hydrogen) atoms. The Bertz CT molecular complexity index is 911. The molecule has 0 N–H and O–H groups in total. The van der Waals surface area contributed by atoms with Crippen molar-refractivity contribution in [1.29, 1.82) is 0 Å². The second-order valence-electron chi connectivity index (χ2n) is 6.55. The smallest absolute Gasteiger partial charge is 0.145 e. The third kappa shape index (κ3) is 3.88. The highest BCUT2D eigenvalue weighted by Crippen LogP contribution is 2.32. The van der Waals surface area contributed by atoms with Gasteiger partial charge in [-0.2, -0.15) is 0 Å². The van der Waals surface area contributed by atoms with Crippen LogP contribution < -0.4 is 0 Å². The topological polar surface area (TPSA) is 0 Å². The van der Waals surface area contributed by atoms with Crippen LogP contribution in [0, 0.1) is 17.5 Å². The number of benzene rings is 3. The van der Waals surface area contributed by atoms with Gasteiger partial charge in [0, 0.05) is 10.9 Å². The number of aryl methyl sites for hydroxylation is 1. The van der Waals surface area contributed by atoms with Gasteiger partial charge in [0.25, 0.3) is 0 Å². The monoisotopic (exact) mass is 376 g/mol. The molecule has 0 nitrogen and oxygen atoms in total. The van der Waals surface area contributed by atoms with E-state index in [1.54, 1.807) is 18.2 Å². The number of hydrogen-bond acceptors (Lipinski definition) is 0. The molecule has 0 heterocycles. The Morgan fingerprint density at radius 2 is 1.58 bits per heavy atom. The second kappa shape index (κ2) is 8.13. The quantitative estimate of drug-likeness (QED) is 0.305. The van der Waals surface area contributed by atoms with E-state index in [2.05, 4.69) is 6.92 Å². The fraction of sp³-hybridized carbons (Fsp3) is 0.273. The van der Waals surface area contributed by atoms with Crippen LogP contribution in [0.4, 0.5) is 13.2 Å². The summed E-state index contributed by atoms with van der Waals surface area (Å²) in [6.07, 6.45) is 5.68. The lowest BCUT2D eigenvalue weighted by Crippen LogP contribution is -1.92. The molecule has 136 valence electrons. The van der Waals surface area contributed by atoms with E-state index in [9.17, 15) is 13.2 Å². The highest BCUT2D eigenvalue weighted by atomic mass is 35.5. The summed E-state index contributed by atoms with van der Waals surface area (Å²) in [7, 11) is 0. The Morgan fingerprint density at radius 1 is 0.846 bits per heavy atom. The number of unbranched alkanes of at least 4 members (excludes halogenated alkanes) is 3. The van der Waals surface area contributed by atoms with Crippen LogP contribution in [0.5, 0.6) is 0 Å². The van der Waals surface area contributed by atoms with Gasteiger partial charge in [-0.25, -0.2) is 13.2 Å². The van der Waals surface area contributed by atoms with Gasteiger partial charge < -0.3 is 0 Å². The molecule has 0 amide bonds. The molecule has 0 radical (unpaired) electrons. The average molecular weight is 377 g/mol. The fourth-order valence-electron chi connectivity index (χ4n) is 3.19. The van der Waals surface area contributed by atoms with Crippen LogP contribution in [0.2, 0.25) is 5.02 Å². The lowest BCUT2D eigenvalue weighted by atomic mass is 9.97. The van der Waals surface area contributed by atoms with Gasteiger partial charge in [-0.05, 0) is 41.5 Å². The maximum atomic E-state index is 14.9. The molecule has 0 saturated heterocycles. The maximum Gasteiger partial charge on any atom is 0.145 e. The van der Waals surface area contributed by atoms with E-state index >= 15 is 0 Å². The number of rotatable bonds is 6. The highest BCUT2D eigenvalue weighted by Gasteiger charge is 2.14. The Hall–Kier alpha value is -2.00. The summed E-state index contributed by atoms with van der Waals surface area (Å²) in [6.45, 7) is 2.18. The van der Waals surface area contributed by atoms with Crippen molar-refractivity contribution in [3.05, 3.63) is 70.5 Å². The molecule has 0 bridgehead atoms. The molecular formula is C22H20ClF3. The van der Waals surface area contributed by atoms with Crippen molar-refractivity contribution in [3.63, 3.8) is 0 Å². The van der Waals surface area contributed by atoms with Gasteiger partial charge in [0.1, 0.15) is 22.5 Å². The molecule has 0 unspecified atom stereocenters. The van der Waals surface area contributed by atoms with Gasteiger partial charge >= 0.3 is 0 Å². The molecule has 3 rings (SSSR count). The minimum Gasteiger partial charge on any atom is -0.206 e. The van der Waals surface area contributed by atoms with Gasteiger partial charge in [0.15, 0.2) is 0 Å².